The molecule has 0 saturated carbocycles. The minimum absolute atomic E-state index is 0.0156. The first-order chi connectivity index (χ1) is 18.9. The number of pyridine rings is 1. The number of nitriles is 3. The largest absolute Gasteiger partial charge is 0.491 e. The molecule has 2 heterocycles. The van der Waals surface area contributed by atoms with Crippen LogP contribution in [0.25, 0.3) is 11.1 Å². The summed E-state index contributed by atoms with van der Waals surface area (Å²) in [6, 6.07) is 20.0. The first-order valence-electron chi connectivity index (χ1n) is 11.5. The van der Waals surface area contributed by atoms with E-state index in [2.05, 4.69) is 33.5 Å². The Labute approximate surface area is 232 Å². The summed E-state index contributed by atoms with van der Waals surface area (Å²) in [5, 5.41) is 53.3. The molecule has 0 bridgehead atoms. The molecule has 0 amide bonds. The number of benzene rings is 2. The SMILES string of the molecule is N#Cc1ccc(Nc2nc(CSc3nc(N)c(C#N)c(-c4ccc(OC[C@H](O)CO)cc4)c3C#N)cs2)cc1. The maximum absolute atomic E-state index is 10.0. The van der Waals surface area contributed by atoms with E-state index in [0.29, 0.717) is 38.4 Å². The highest BCUT2D eigenvalue weighted by atomic mass is 32.2. The van der Waals surface area contributed by atoms with E-state index in [9.17, 15) is 15.6 Å². The number of hydrogen-bond acceptors (Lipinski definition) is 12. The van der Waals surface area contributed by atoms with Crippen molar-refractivity contribution in [2.75, 3.05) is 24.3 Å². The molecule has 0 unspecified atom stereocenters. The van der Waals surface area contributed by atoms with Gasteiger partial charge in [0.25, 0.3) is 0 Å². The second-order valence-electron chi connectivity index (χ2n) is 8.07. The van der Waals surface area contributed by atoms with Gasteiger partial charge in [0.05, 0.1) is 29.5 Å². The highest BCUT2D eigenvalue weighted by Crippen LogP contribution is 2.37. The van der Waals surface area contributed by atoms with Crippen LogP contribution in [0, 0.1) is 34.0 Å². The lowest BCUT2D eigenvalue weighted by molar-refractivity contribution is 0.0536. The van der Waals surface area contributed by atoms with E-state index in [1.54, 1.807) is 48.5 Å². The maximum atomic E-state index is 10.0. The number of nitrogens with zero attached hydrogens (tertiary/aromatic N) is 5. The summed E-state index contributed by atoms with van der Waals surface area (Å²) >= 11 is 2.71. The molecule has 0 fully saturated rings. The lowest BCUT2D eigenvalue weighted by Crippen LogP contribution is -2.21. The van der Waals surface area contributed by atoms with Crippen molar-refractivity contribution in [1.82, 2.24) is 9.97 Å². The van der Waals surface area contributed by atoms with Crippen LogP contribution in [0.3, 0.4) is 0 Å². The van der Waals surface area contributed by atoms with Gasteiger partial charge in [0.15, 0.2) is 5.13 Å². The van der Waals surface area contributed by atoms with E-state index in [1.807, 2.05) is 5.38 Å². The van der Waals surface area contributed by atoms with Crippen molar-refractivity contribution in [3.05, 3.63) is 76.3 Å². The molecule has 194 valence electrons. The summed E-state index contributed by atoms with van der Waals surface area (Å²) in [6.45, 7) is -0.491. The molecule has 39 heavy (non-hydrogen) atoms. The molecular weight excluding hydrogens is 534 g/mol. The molecule has 12 heteroatoms. The van der Waals surface area contributed by atoms with Crippen molar-refractivity contribution in [3.8, 4) is 35.1 Å². The molecular formula is C27H21N7O3S2. The van der Waals surface area contributed by atoms with Gasteiger partial charge in [0.2, 0.25) is 0 Å². The quantitative estimate of drug-likeness (QED) is 0.206. The molecule has 4 aromatic rings. The van der Waals surface area contributed by atoms with Gasteiger partial charge in [-0.1, -0.05) is 23.9 Å². The number of nitrogens with two attached hydrogens (primary N) is 1. The Morgan fingerprint density at radius 1 is 1.00 bits per heavy atom. The first kappa shape index (κ1) is 27.4. The van der Waals surface area contributed by atoms with Crippen LogP contribution in [-0.4, -0.2) is 39.5 Å². The van der Waals surface area contributed by atoms with Gasteiger partial charge in [-0.3, -0.25) is 0 Å². The standard InChI is InChI=1S/C27H21N7O3S2/c28-9-16-1-5-18(6-2-16)32-27-33-19(15-39-27)14-38-26-23(11-30)24(22(10-29)25(31)34-26)17-3-7-21(8-4-17)37-13-20(36)12-35/h1-8,15,20,35-36H,12-14H2,(H2,31,34)(H,32,33)/t20-/m1/s1. The maximum Gasteiger partial charge on any atom is 0.187 e. The molecule has 0 radical (unpaired) electrons. The zero-order valence-corrected chi connectivity index (χ0v) is 22.0. The van der Waals surface area contributed by atoms with Gasteiger partial charge in [-0.2, -0.15) is 15.8 Å². The number of nitrogen functional groups attached to an aromatic ring is 1. The van der Waals surface area contributed by atoms with Crippen molar-refractivity contribution in [3.63, 3.8) is 0 Å². The van der Waals surface area contributed by atoms with Gasteiger partial charge in [0, 0.05) is 22.4 Å². The van der Waals surface area contributed by atoms with Gasteiger partial charge >= 0.3 is 0 Å². The molecule has 0 aliphatic carbocycles. The normalized spacial score (nSPS) is 11.2. The Hall–Kier alpha value is -4.64. The van der Waals surface area contributed by atoms with E-state index in [0.717, 1.165) is 11.4 Å². The number of aliphatic hydroxyl groups is 2. The summed E-state index contributed by atoms with van der Waals surface area (Å²) in [4.78, 5) is 8.92. The smallest absolute Gasteiger partial charge is 0.187 e. The van der Waals surface area contributed by atoms with Gasteiger partial charge in [-0.25, -0.2) is 9.97 Å². The lowest BCUT2D eigenvalue weighted by atomic mass is 9.97. The van der Waals surface area contributed by atoms with Crippen LogP contribution in [0.5, 0.6) is 5.75 Å². The minimum Gasteiger partial charge on any atom is -0.491 e. The molecule has 5 N–H and O–H groups in total. The zero-order chi connectivity index (χ0) is 27.8. The zero-order valence-electron chi connectivity index (χ0n) is 20.3. The fraction of sp³-hybridized carbons (Fsp3) is 0.148. The average molecular weight is 556 g/mol. The number of aromatic nitrogens is 2. The van der Waals surface area contributed by atoms with E-state index in [-0.39, 0.29) is 23.6 Å². The molecule has 2 aromatic heterocycles. The first-order valence-corrected chi connectivity index (χ1v) is 13.3. The second-order valence-corrected chi connectivity index (χ2v) is 9.89. The monoisotopic (exact) mass is 555 g/mol. The summed E-state index contributed by atoms with van der Waals surface area (Å²) < 4.78 is 5.44. The third-order valence-electron chi connectivity index (χ3n) is 5.39. The molecule has 0 saturated heterocycles. The Morgan fingerprint density at radius 3 is 2.36 bits per heavy atom. The number of hydrogen-bond donors (Lipinski definition) is 4. The van der Waals surface area contributed by atoms with Crippen LogP contribution in [0.15, 0.2) is 58.9 Å². The van der Waals surface area contributed by atoms with E-state index < -0.39 is 12.7 Å². The fourth-order valence-corrected chi connectivity index (χ4v) is 5.20. The summed E-state index contributed by atoms with van der Waals surface area (Å²) in [7, 11) is 0. The minimum atomic E-state index is -1.000. The molecule has 0 spiro atoms. The van der Waals surface area contributed by atoms with Crippen molar-refractivity contribution >= 4 is 39.7 Å². The number of rotatable bonds is 10. The predicted molar refractivity (Wildman–Crippen MR) is 148 cm³/mol. The summed E-state index contributed by atoms with van der Waals surface area (Å²) in [6.07, 6.45) is -1.000. The Morgan fingerprint density at radius 2 is 1.72 bits per heavy atom. The third-order valence-corrected chi connectivity index (χ3v) is 7.20. The number of anilines is 3. The van der Waals surface area contributed by atoms with Gasteiger partial charge in [-0.15, -0.1) is 11.3 Å². The molecule has 10 nitrogen and oxygen atoms in total. The molecule has 1 atom stereocenters. The number of ether oxygens (including phenoxy) is 1. The van der Waals surface area contributed by atoms with Gasteiger partial charge in [-0.05, 0) is 42.0 Å². The Kier molecular flexibility index (Phi) is 8.95. The Bertz CT molecular complexity index is 1580. The van der Waals surface area contributed by atoms with Crippen molar-refractivity contribution < 1.29 is 14.9 Å². The van der Waals surface area contributed by atoms with Crippen LogP contribution in [0.2, 0.25) is 0 Å². The molecule has 0 aliphatic heterocycles. The van der Waals surface area contributed by atoms with Gasteiger partial charge < -0.3 is 26.0 Å². The fourth-order valence-electron chi connectivity index (χ4n) is 3.48. The third kappa shape index (κ3) is 6.63. The number of thioether (sulfide) groups is 1. The van der Waals surface area contributed by atoms with Crippen molar-refractivity contribution in [1.29, 1.82) is 15.8 Å². The Balaban J connectivity index is 1.54. The van der Waals surface area contributed by atoms with E-state index >= 15 is 0 Å². The lowest BCUT2D eigenvalue weighted by Gasteiger charge is -2.14. The van der Waals surface area contributed by atoms with Crippen LogP contribution in [-0.2, 0) is 5.75 Å². The average Bonchev–Trinajstić information content (AvgIpc) is 3.42. The molecule has 2 aromatic carbocycles. The summed E-state index contributed by atoms with van der Waals surface area (Å²) in [5.41, 5.74) is 9.54. The molecule has 4 rings (SSSR count). The van der Waals surface area contributed by atoms with Crippen LogP contribution >= 0.6 is 23.1 Å². The predicted octanol–water partition coefficient (Wildman–Crippen LogP) is 4.17. The highest BCUT2D eigenvalue weighted by molar-refractivity contribution is 7.98. The number of nitrogens with one attached hydrogen (secondary N) is 1. The van der Waals surface area contributed by atoms with Crippen molar-refractivity contribution in [2.24, 2.45) is 0 Å². The number of thiazole rings is 1. The van der Waals surface area contributed by atoms with Crippen LogP contribution < -0.4 is 15.8 Å². The summed E-state index contributed by atoms with van der Waals surface area (Å²) in [5.74, 6) is 0.883. The van der Waals surface area contributed by atoms with Crippen LogP contribution in [0.4, 0.5) is 16.6 Å². The molecule has 0 aliphatic rings. The second kappa shape index (κ2) is 12.7. The highest BCUT2D eigenvalue weighted by Gasteiger charge is 2.21. The van der Waals surface area contributed by atoms with Crippen LogP contribution in [0.1, 0.15) is 22.4 Å². The van der Waals surface area contributed by atoms with Gasteiger partial charge in [0.1, 0.15) is 47.0 Å². The van der Waals surface area contributed by atoms with E-state index in [1.165, 1.54) is 23.1 Å². The topological polar surface area (TPSA) is 185 Å². The van der Waals surface area contributed by atoms with Crippen molar-refractivity contribution in [2.45, 2.75) is 16.9 Å². The van der Waals surface area contributed by atoms with E-state index in [4.69, 9.17) is 20.8 Å². The number of aliphatic hydroxyl groups excluding tert-OH is 2.